The van der Waals surface area contributed by atoms with E-state index in [4.69, 9.17) is 21.0 Å². The van der Waals surface area contributed by atoms with Crippen LogP contribution in [-0.4, -0.2) is 23.0 Å². The summed E-state index contributed by atoms with van der Waals surface area (Å²) in [6.45, 7) is 13.2. The lowest BCUT2D eigenvalue weighted by Gasteiger charge is -2.39. The molecule has 6 rings (SSSR count). The van der Waals surface area contributed by atoms with Crippen molar-refractivity contribution in [1.29, 1.82) is 0 Å². The van der Waals surface area contributed by atoms with Crippen molar-refractivity contribution < 1.29 is 9.53 Å². The molecule has 0 bridgehead atoms. The topological polar surface area (TPSA) is 47.3 Å². The number of rotatable bonds is 8. The van der Waals surface area contributed by atoms with Crippen molar-refractivity contribution in [1.82, 2.24) is 9.55 Å². The summed E-state index contributed by atoms with van der Waals surface area (Å²) in [7, 11) is -2.08. The molecule has 0 saturated carbocycles. The van der Waals surface area contributed by atoms with Crippen LogP contribution in [0.15, 0.2) is 116 Å². The summed E-state index contributed by atoms with van der Waals surface area (Å²) >= 11 is 6.72. The molecule has 6 heteroatoms. The molecule has 1 aliphatic carbocycles. The fourth-order valence-corrected chi connectivity index (χ4v) is 8.17. The van der Waals surface area contributed by atoms with E-state index in [1.165, 1.54) is 0 Å². The molecule has 0 fully saturated rings. The van der Waals surface area contributed by atoms with Crippen molar-refractivity contribution in [2.24, 2.45) is 0 Å². The molecule has 0 amide bonds. The Balaban J connectivity index is 1.52. The van der Waals surface area contributed by atoms with Gasteiger partial charge in [0.25, 0.3) is 0 Å². The predicted octanol–water partition coefficient (Wildman–Crippen LogP) is 9.64. The van der Waals surface area contributed by atoms with E-state index in [-0.39, 0.29) is 11.1 Å². The Bertz CT molecular complexity index is 1680. The van der Waals surface area contributed by atoms with Crippen molar-refractivity contribution in [2.75, 3.05) is 0 Å². The number of halogens is 1. The van der Waals surface area contributed by atoms with Crippen molar-refractivity contribution in [2.45, 2.75) is 75.9 Å². The molecule has 1 aliphatic rings. The second-order valence-corrected chi connectivity index (χ2v) is 19.2. The van der Waals surface area contributed by atoms with E-state index in [9.17, 15) is 5.11 Å². The quantitative estimate of drug-likeness (QED) is 0.137. The number of aryl methyl sites for hydroxylation is 1. The van der Waals surface area contributed by atoms with Gasteiger partial charge in [0, 0.05) is 11.2 Å². The summed E-state index contributed by atoms with van der Waals surface area (Å²) in [6, 6.07) is 35.4. The lowest BCUT2D eigenvalue weighted by molar-refractivity contribution is 0.0923. The van der Waals surface area contributed by atoms with Gasteiger partial charge in [0.05, 0.1) is 18.1 Å². The number of aliphatic hydroxyl groups is 1. The van der Waals surface area contributed by atoms with Gasteiger partial charge >= 0.3 is 0 Å². The molecule has 45 heavy (non-hydrogen) atoms. The van der Waals surface area contributed by atoms with E-state index in [0.29, 0.717) is 10.7 Å². The number of benzene rings is 4. The van der Waals surface area contributed by atoms with Crippen molar-refractivity contribution in [3.8, 4) is 0 Å². The minimum Gasteiger partial charge on any atom is -0.410 e. The Hall–Kier alpha value is -3.48. The number of nitrogens with zero attached hydrogens (tertiary/aromatic N) is 2. The fraction of sp³-hybridized carbons (Fsp3) is 0.308. The van der Waals surface area contributed by atoms with Gasteiger partial charge in [-0.2, -0.15) is 0 Å². The third kappa shape index (κ3) is 5.50. The molecule has 4 nitrogen and oxygen atoms in total. The molecule has 2 unspecified atom stereocenters. The number of imidazole rings is 1. The summed E-state index contributed by atoms with van der Waals surface area (Å²) in [5, 5.41) is 13.2. The van der Waals surface area contributed by atoms with E-state index in [1.807, 2.05) is 49.8 Å². The molecule has 1 aromatic heterocycles. The van der Waals surface area contributed by atoms with Crippen molar-refractivity contribution >= 4 is 19.9 Å². The number of fused-ring (bicyclic) bond motifs is 1. The highest BCUT2D eigenvalue weighted by Crippen LogP contribution is 2.48. The Morgan fingerprint density at radius 2 is 1.33 bits per heavy atom. The summed E-state index contributed by atoms with van der Waals surface area (Å²) in [5.74, 6) is 0. The van der Waals surface area contributed by atoms with E-state index in [1.54, 1.807) is 0 Å². The Kier molecular flexibility index (Phi) is 8.19. The van der Waals surface area contributed by atoms with Crippen LogP contribution in [0.4, 0.5) is 0 Å². The third-order valence-corrected chi connectivity index (χ3v) is 14.7. The van der Waals surface area contributed by atoms with Crippen LogP contribution in [0.3, 0.4) is 0 Å². The predicted molar refractivity (Wildman–Crippen MR) is 186 cm³/mol. The highest BCUT2D eigenvalue weighted by molar-refractivity contribution is 6.74. The van der Waals surface area contributed by atoms with E-state index in [0.717, 1.165) is 46.2 Å². The fourth-order valence-electron chi connectivity index (χ4n) is 6.63. The molecule has 232 valence electrons. The number of aromatic nitrogens is 2. The average molecular weight is 635 g/mol. The molecular formula is C39H43ClN2O2Si. The van der Waals surface area contributed by atoms with Gasteiger partial charge in [-0.3, -0.25) is 0 Å². The lowest BCUT2D eigenvalue weighted by atomic mass is 9.76. The zero-order chi connectivity index (χ0) is 32.0. The first-order valence-corrected chi connectivity index (χ1v) is 19.1. The number of hydrogen-bond acceptors (Lipinski definition) is 3. The zero-order valence-corrected chi connectivity index (χ0v) is 28.8. The molecule has 1 heterocycles. The molecule has 0 saturated heterocycles. The van der Waals surface area contributed by atoms with E-state index in [2.05, 4.69) is 111 Å². The van der Waals surface area contributed by atoms with Crippen LogP contribution in [-0.2, 0) is 22.0 Å². The summed E-state index contributed by atoms with van der Waals surface area (Å²) in [6.07, 6.45) is 5.49. The van der Waals surface area contributed by atoms with Gasteiger partial charge in [-0.15, -0.1) is 0 Å². The Morgan fingerprint density at radius 1 is 0.822 bits per heavy atom. The van der Waals surface area contributed by atoms with Gasteiger partial charge in [-0.25, -0.2) is 4.98 Å². The minimum absolute atomic E-state index is 0.0687. The minimum atomic E-state index is -2.08. The summed E-state index contributed by atoms with van der Waals surface area (Å²) in [5.41, 5.74) is 4.66. The lowest BCUT2D eigenvalue weighted by Crippen LogP contribution is -2.42. The third-order valence-electron chi connectivity index (χ3n) is 10.0. The van der Waals surface area contributed by atoms with Gasteiger partial charge in [-0.1, -0.05) is 123 Å². The van der Waals surface area contributed by atoms with Crippen molar-refractivity contribution in [3.63, 3.8) is 0 Å². The second kappa shape index (κ2) is 11.7. The highest BCUT2D eigenvalue weighted by atomic mass is 35.5. The molecule has 4 aromatic carbocycles. The normalized spacial score (nSPS) is 16.8. The summed E-state index contributed by atoms with van der Waals surface area (Å²) < 4.78 is 9.14. The molecular weight excluding hydrogens is 592 g/mol. The molecule has 1 N–H and O–H groups in total. The van der Waals surface area contributed by atoms with Gasteiger partial charge < -0.3 is 14.1 Å². The van der Waals surface area contributed by atoms with Crippen LogP contribution >= 0.6 is 11.6 Å². The standard InChI is InChI=1S/C39H43ClN2O2Si/c1-37(2,3)45(5,6)44-34-23-22-28-24-32(40)25-33(36(28)34)38(4,43)35-26-42(27-41-35)39(29-16-10-7-11-17-29,30-18-12-8-13-19-30)31-20-14-9-15-21-31/h7-21,24-27,34,43H,22-23H2,1-6H3. The molecule has 0 spiro atoms. The van der Waals surface area contributed by atoms with Gasteiger partial charge in [0.2, 0.25) is 0 Å². The first kappa shape index (κ1) is 31.5. The van der Waals surface area contributed by atoms with Crippen LogP contribution in [0, 0.1) is 0 Å². The maximum Gasteiger partial charge on any atom is 0.192 e. The van der Waals surface area contributed by atoms with Gasteiger partial charge in [0.15, 0.2) is 8.32 Å². The molecule has 0 aliphatic heterocycles. The van der Waals surface area contributed by atoms with Crippen LogP contribution in [0.25, 0.3) is 0 Å². The second-order valence-electron chi connectivity index (χ2n) is 14.0. The SMILES string of the molecule is CC(O)(c1cn(C(c2ccccc2)(c2ccccc2)c2ccccc2)cn1)c1cc(Cl)cc2c1C(O[Si](C)(C)C(C)(C)C)CC2. The Morgan fingerprint density at radius 3 is 1.82 bits per heavy atom. The van der Waals surface area contributed by atoms with Gasteiger partial charge in [-0.05, 0) is 83.4 Å². The van der Waals surface area contributed by atoms with E-state index >= 15 is 0 Å². The smallest absolute Gasteiger partial charge is 0.192 e. The first-order chi connectivity index (χ1) is 21.4. The number of hydrogen-bond donors (Lipinski definition) is 1. The molecule has 2 atom stereocenters. The highest BCUT2D eigenvalue weighted by Gasteiger charge is 2.44. The van der Waals surface area contributed by atoms with Crippen LogP contribution in [0.1, 0.15) is 79.3 Å². The zero-order valence-electron chi connectivity index (χ0n) is 27.1. The largest absolute Gasteiger partial charge is 0.410 e. The first-order valence-electron chi connectivity index (χ1n) is 15.8. The van der Waals surface area contributed by atoms with Crippen LogP contribution < -0.4 is 0 Å². The maximum absolute atomic E-state index is 12.5. The van der Waals surface area contributed by atoms with Crippen LogP contribution in [0.2, 0.25) is 23.2 Å². The maximum atomic E-state index is 12.5. The van der Waals surface area contributed by atoms with E-state index < -0.39 is 19.5 Å². The average Bonchev–Trinajstić information content (AvgIpc) is 3.67. The van der Waals surface area contributed by atoms with Crippen molar-refractivity contribution in [3.05, 3.63) is 160 Å². The van der Waals surface area contributed by atoms with Crippen LogP contribution in [0.5, 0.6) is 0 Å². The van der Waals surface area contributed by atoms with Gasteiger partial charge in [0.1, 0.15) is 11.1 Å². The molecule has 5 aromatic rings. The Labute approximate surface area is 273 Å². The molecule has 0 radical (unpaired) electrons. The monoisotopic (exact) mass is 634 g/mol. The summed E-state index contributed by atoms with van der Waals surface area (Å²) in [4.78, 5) is 4.94.